The van der Waals surface area contributed by atoms with E-state index in [1.807, 2.05) is 0 Å². The van der Waals surface area contributed by atoms with Gasteiger partial charge in [0, 0.05) is 9.50 Å². The molecule has 0 fully saturated rings. The number of aromatic hydroxyl groups is 1. The third-order valence-electron chi connectivity index (χ3n) is 1.64. The van der Waals surface area contributed by atoms with Crippen LogP contribution in [0.2, 0.25) is 5.02 Å². The van der Waals surface area contributed by atoms with Crippen LogP contribution in [0.5, 0.6) is 5.75 Å². The summed E-state index contributed by atoms with van der Waals surface area (Å²) in [7, 11) is 0. The molecule has 0 spiro atoms. The van der Waals surface area contributed by atoms with Crippen molar-refractivity contribution in [3.63, 3.8) is 0 Å². The van der Waals surface area contributed by atoms with Crippen molar-refractivity contribution in [2.45, 2.75) is 19.8 Å². The van der Waals surface area contributed by atoms with Crippen LogP contribution in [-0.2, 0) is 0 Å². The molecule has 0 saturated heterocycles. The molecule has 1 N–H and O–H groups in total. The third kappa shape index (κ3) is 1.93. The summed E-state index contributed by atoms with van der Waals surface area (Å²) in [5.74, 6) is 0.545. The molecule has 0 aromatic heterocycles. The first-order valence-electron chi connectivity index (χ1n) is 3.70. The van der Waals surface area contributed by atoms with Gasteiger partial charge in [0.15, 0.2) is 0 Å². The number of rotatable bonds is 1. The van der Waals surface area contributed by atoms with Crippen molar-refractivity contribution in [3.8, 4) is 5.75 Å². The van der Waals surface area contributed by atoms with E-state index < -0.39 is 0 Å². The van der Waals surface area contributed by atoms with Gasteiger partial charge in [0.25, 0.3) is 0 Å². The van der Waals surface area contributed by atoms with Crippen molar-refractivity contribution in [2.75, 3.05) is 0 Å². The van der Waals surface area contributed by atoms with Crippen LogP contribution in [0, 0.1) is 0 Å². The standard InChI is InChI=1S/C9H10BrClO/c1-5(2)9-7(10)3-6(12)4-8(9)11/h3-5,12H,1-2H3. The number of hydrogen-bond acceptors (Lipinski definition) is 1. The van der Waals surface area contributed by atoms with Crippen LogP contribution in [0.15, 0.2) is 16.6 Å². The minimum Gasteiger partial charge on any atom is -0.508 e. The molecule has 1 aromatic carbocycles. The molecule has 1 nitrogen and oxygen atoms in total. The number of hydrogen-bond donors (Lipinski definition) is 1. The second-order valence-electron chi connectivity index (χ2n) is 2.98. The number of halogens is 2. The van der Waals surface area contributed by atoms with Crippen molar-refractivity contribution < 1.29 is 5.11 Å². The fourth-order valence-electron chi connectivity index (χ4n) is 1.12. The Labute approximate surface area is 85.5 Å². The summed E-state index contributed by atoms with van der Waals surface area (Å²) in [6.07, 6.45) is 0. The van der Waals surface area contributed by atoms with Gasteiger partial charge in [-0.3, -0.25) is 0 Å². The highest BCUT2D eigenvalue weighted by atomic mass is 79.9. The monoisotopic (exact) mass is 248 g/mol. The lowest BCUT2D eigenvalue weighted by Gasteiger charge is -2.10. The molecule has 1 aromatic rings. The van der Waals surface area contributed by atoms with E-state index in [2.05, 4.69) is 29.8 Å². The maximum absolute atomic E-state index is 9.19. The Morgan fingerprint density at radius 1 is 1.42 bits per heavy atom. The second kappa shape index (κ2) is 3.67. The van der Waals surface area contributed by atoms with Gasteiger partial charge in [0.1, 0.15) is 5.75 Å². The minimum absolute atomic E-state index is 0.191. The summed E-state index contributed by atoms with van der Waals surface area (Å²) in [5.41, 5.74) is 1.04. The highest BCUT2D eigenvalue weighted by molar-refractivity contribution is 9.10. The molecule has 0 aliphatic rings. The summed E-state index contributed by atoms with van der Waals surface area (Å²) >= 11 is 9.29. The van der Waals surface area contributed by atoms with E-state index in [0.29, 0.717) is 10.9 Å². The Balaban J connectivity index is 3.28. The van der Waals surface area contributed by atoms with Crippen molar-refractivity contribution >= 4 is 27.5 Å². The summed E-state index contributed by atoms with van der Waals surface area (Å²) in [6.45, 7) is 4.12. The lowest BCUT2D eigenvalue weighted by atomic mass is 10.0. The van der Waals surface area contributed by atoms with Crippen molar-refractivity contribution in [1.82, 2.24) is 0 Å². The number of phenolic OH excluding ortho intramolecular Hbond substituents is 1. The van der Waals surface area contributed by atoms with Gasteiger partial charge in [0.05, 0.1) is 0 Å². The van der Waals surface area contributed by atoms with E-state index in [-0.39, 0.29) is 5.75 Å². The molecular formula is C9H10BrClO. The zero-order valence-electron chi connectivity index (χ0n) is 6.94. The molecule has 66 valence electrons. The SMILES string of the molecule is CC(C)c1c(Cl)cc(O)cc1Br. The Morgan fingerprint density at radius 3 is 2.42 bits per heavy atom. The predicted octanol–water partition coefficient (Wildman–Crippen LogP) is 3.93. The summed E-state index contributed by atoms with van der Waals surface area (Å²) in [4.78, 5) is 0. The first kappa shape index (κ1) is 9.87. The molecule has 0 atom stereocenters. The fraction of sp³-hybridized carbons (Fsp3) is 0.333. The lowest BCUT2D eigenvalue weighted by Crippen LogP contribution is -1.90. The number of phenols is 1. The topological polar surface area (TPSA) is 20.2 Å². The molecule has 12 heavy (non-hydrogen) atoms. The molecule has 0 aliphatic heterocycles. The average molecular weight is 250 g/mol. The van der Waals surface area contributed by atoms with Gasteiger partial charge in [-0.05, 0) is 23.6 Å². The maximum Gasteiger partial charge on any atom is 0.118 e. The highest BCUT2D eigenvalue weighted by Gasteiger charge is 2.10. The molecule has 0 radical (unpaired) electrons. The molecule has 0 heterocycles. The molecule has 1 rings (SSSR count). The molecule has 0 aliphatic carbocycles. The van der Waals surface area contributed by atoms with E-state index in [1.165, 1.54) is 0 Å². The summed E-state index contributed by atoms with van der Waals surface area (Å²) < 4.78 is 0.863. The van der Waals surface area contributed by atoms with E-state index >= 15 is 0 Å². The first-order chi connectivity index (χ1) is 5.52. The average Bonchev–Trinajstić information content (AvgIpc) is 1.82. The van der Waals surface area contributed by atoms with Crippen LogP contribution in [0.4, 0.5) is 0 Å². The van der Waals surface area contributed by atoms with Crippen LogP contribution in [0.1, 0.15) is 25.3 Å². The van der Waals surface area contributed by atoms with Gasteiger partial charge in [-0.15, -0.1) is 0 Å². The van der Waals surface area contributed by atoms with Crippen molar-refractivity contribution in [3.05, 3.63) is 27.2 Å². The lowest BCUT2D eigenvalue weighted by molar-refractivity contribution is 0.474. The Hall–Kier alpha value is -0.210. The molecule has 0 amide bonds. The number of benzene rings is 1. The largest absolute Gasteiger partial charge is 0.508 e. The van der Waals surface area contributed by atoms with Gasteiger partial charge in [0.2, 0.25) is 0 Å². The van der Waals surface area contributed by atoms with Gasteiger partial charge in [-0.25, -0.2) is 0 Å². The van der Waals surface area contributed by atoms with Gasteiger partial charge < -0.3 is 5.11 Å². The van der Waals surface area contributed by atoms with E-state index in [9.17, 15) is 5.11 Å². The molecule has 0 unspecified atom stereocenters. The predicted molar refractivity (Wildman–Crippen MR) is 54.9 cm³/mol. The normalized spacial score (nSPS) is 10.8. The van der Waals surface area contributed by atoms with Gasteiger partial charge in [-0.1, -0.05) is 41.4 Å². The molecule has 0 saturated carbocycles. The Kier molecular flexibility index (Phi) is 3.02. The zero-order valence-corrected chi connectivity index (χ0v) is 9.28. The van der Waals surface area contributed by atoms with Gasteiger partial charge >= 0.3 is 0 Å². The second-order valence-corrected chi connectivity index (χ2v) is 4.24. The maximum atomic E-state index is 9.19. The van der Waals surface area contributed by atoms with Crippen LogP contribution in [-0.4, -0.2) is 5.11 Å². The Bertz CT molecular complexity index is 274. The van der Waals surface area contributed by atoms with Crippen molar-refractivity contribution in [1.29, 1.82) is 0 Å². The van der Waals surface area contributed by atoms with Crippen LogP contribution in [0.25, 0.3) is 0 Å². The summed E-state index contributed by atoms with van der Waals surface area (Å²) in [6, 6.07) is 3.21. The molecule has 0 bridgehead atoms. The van der Waals surface area contributed by atoms with E-state index in [1.54, 1.807) is 12.1 Å². The van der Waals surface area contributed by atoms with Crippen molar-refractivity contribution in [2.24, 2.45) is 0 Å². The first-order valence-corrected chi connectivity index (χ1v) is 4.87. The third-order valence-corrected chi connectivity index (χ3v) is 2.61. The highest BCUT2D eigenvalue weighted by Crippen LogP contribution is 2.34. The zero-order chi connectivity index (χ0) is 9.30. The van der Waals surface area contributed by atoms with Crippen LogP contribution >= 0.6 is 27.5 Å². The van der Waals surface area contributed by atoms with E-state index in [4.69, 9.17) is 11.6 Å². The van der Waals surface area contributed by atoms with Crippen LogP contribution in [0.3, 0.4) is 0 Å². The quantitative estimate of drug-likeness (QED) is 0.799. The molecular weight excluding hydrogens is 239 g/mol. The minimum atomic E-state index is 0.191. The fourth-order valence-corrected chi connectivity index (χ4v) is 2.57. The van der Waals surface area contributed by atoms with Gasteiger partial charge in [-0.2, -0.15) is 0 Å². The summed E-state index contributed by atoms with van der Waals surface area (Å²) in [5, 5.41) is 9.79. The van der Waals surface area contributed by atoms with Crippen LogP contribution < -0.4 is 0 Å². The Morgan fingerprint density at radius 2 is 2.00 bits per heavy atom. The van der Waals surface area contributed by atoms with E-state index in [0.717, 1.165) is 10.0 Å². The smallest absolute Gasteiger partial charge is 0.118 e. The molecule has 3 heteroatoms.